The molecule has 0 saturated carbocycles. The van der Waals surface area contributed by atoms with Crippen LogP contribution in [0.2, 0.25) is 0 Å². The maximum Gasteiger partial charge on any atom is 0.0430 e. The normalized spacial score (nSPS) is 10.6. The third-order valence-corrected chi connectivity index (χ3v) is 2.64. The highest BCUT2D eigenvalue weighted by Crippen LogP contribution is 1.94. The zero-order valence-corrected chi connectivity index (χ0v) is 9.88. The molecule has 0 aromatic heterocycles. The molecule has 2 N–H and O–H groups in total. The summed E-state index contributed by atoms with van der Waals surface area (Å²) in [5.74, 6) is 2.16. The van der Waals surface area contributed by atoms with Crippen LogP contribution in [0.5, 0.6) is 0 Å². The van der Waals surface area contributed by atoms with Crippen LogP contribution in [0.4, 0.5) is 0 Å². The molecule has 0 bridgehead atoms. The van der Waals surface area contributed by atoms with Gasteiger partial charge in [0.2, 0.25) is 0 Å². The summed E-state index contributed by atoms with van der Waals surface area (Å²) in [6, 6.07) is 0. The molecule has 2 nitrogen and oxygen atoms in total. The monoisotopic (exact) mass is 204 g/mol. The predicted octanol–water partition coefficient (Wildman–Crippen LogP) is 2.41. The topological polar surface area (TPSA) is 24.1 Å². The molecular weight excluding hydrogens is 180 g/mol. The Kier molecular flexibility index (Phi) is 12.5. The van der Waals surface area contributed by atoms with Crippen LogP contribution in [0.1, 0.15) is 39.5 Å². The third kappa shape index (κ3) is 12.3. The highest BCUT2D eigenvalue weighted by atomic mass is 32.2. The van der Waals surface area contributed by atoms with Gasteiger partial charge in [0.1, 0.15) is 0 Å². The molecule has 0 aliphatic heterocycles. The first-order valence-corrected chi connectivity index (χ1v) is 6.56. The van der Waals surface area contributed by atoms with Crippen molar-refractivity contribution in [2.45, 2.75) is 39.5 Å². The van der Waals surface area contributed by atoms with E-state index in [1.807, 2.05) is 11.8 Å². The number of nitrogens with one attached hydrogen (secondary N) is 2. The highest BCUT2D eigenvalue weighted by molar-refractivity contribution is 7.99. The van der Waals surface area contributed by atoms with Gasteiger partial charge in [-0.1, -0.05) is 26.7 Å². The average Bonchev–Trinajstić information content (AvgIpc) is 2.16. The van der Waals surface area contributed by atoms with Crippen molar-refractivity contribution in [2.24, 2.45) is 0 Å². The summed E-state index contributed by atoms with van der Waals surface area (Å²) in [5, 5.41) is 6.80. The molecule has 0 rings (SSSR count). The molecule has 0 aliphatic rings. The van der Waals surface area contributed by atoms with E-state index in [0.29, 0.717) is 0 Å². The van der Waals surface area contributed by atoms with E-state index >= 15 is 0 Å². The van der Waals surface area contributed by atoms with E-state index in [9.17, 15) is 0 Å². The maximum absolute atomic E-state index is 3.40. The molecule has 0 fully saturated rings. The molecule has 0 saturated heterocycles. The van der Waals surface area contributed by atoms with Crippen molar-refractivity contribution in [3.05, 3.63) is 0 Å². The second-order valence-electron chi connectivity index (χ2n) is 3.20. The zero-order valence-electron chi connectivity index (χ0n) is 9.07. The second-order valence-corrected chi connectivity index (χ2v) is 4.19. The minimum atomic E-state index is 1.08. The first kappa shape index (κ1) is 13.3. The lowest BCUT2D eigenvalue weighted by molar-refractivity contribution is 0.690. The Hall–Kier alpha value is 0.270. The Labute approximate surface area is 87.2 Å². The van der Waals surface area contributed by atoms with E-state index in [-0.39, 0.29) is 0 Å². The highest BCUT2D eigenvalue weighted by Gasteiger charge is 1.88. The molecule has 0 spiro atoms. The van der Waals surface area contributed by atoms with Gasteiger partial charge in [-0.3, -0.25) is 0 Å². The summed E-state index contributed by atoms with van der Waals surface area (Å²) in [7, 11) is 0. The van der Waals surface area contributed by atoms with Crippen LogP contribution in [-0.4, -0.2) is 24.8 Å². The zero-order chi connectivity index (χ0) is 9.78. The Morgan fingerprint density at radius 3 is 1.69 bits per heavy atom. The summed E-state index contributed by atoms with van der Waals surface area (Å²) < 4.78 is 0. The molecule has 13 heavy (non-hydrogen) atoms. The van der Waals surface area contributed by atoms with Gasteiger partial charge in [0.15, 0.2) is 0 Å². The largest absolute Gasteiger partial charge is 0.308 e. The first-order valence-electron chi connectivity index (χ1n) is 5.41. The maximum atomic E-state index is 3.40. The van der Waals surface area contributed by atoms with Gasteiger partial charge in [0, 0.05) is 11.8 Å². The summed E-state index contributed by atoms with van der Waals surface area (Å²) >= 11 is 1.93. The van der Waals surface area contributed by atoms with Crippen molar-refractivity contribution >= 4 is 11.8 Å². The van der Waals surface area contributed by atoms with E-state index in [2.05, 4.69) is 24.5 Å². The Morgan fingerprint density at radius 2 is 1.31 bits per heavy atom. The summed E-state index contributed by atoms with van der Waals surface area (Å²) in [6.07, 6.45) is 5.16. The van der Waals surface area contributed by atoms with Gasteiger partial charge in [-0.25, -0.2) is 0 Å². The summed E-state index contributed by atoms with van der Waals surface area (Å²) in [4.78, 5) is 0. The Morgan fingerprint density at radius 1 is 0.846 bits per heavy atom. The van der Waals surface area contributed by atoms with Gasteiger partial charge >= 0.3 is 0 Å². The fourth-order valence-electron chi connectivity index (χ4n) is 0.943. The van der Waals surface area contributed by atoms with Crippen LogP contribution in [0.25, 0.3) is 0 Å². The fraction of sp³-hybridized carbons (Fsp3) is 1.00. The van der Waals surface area contributed by atoms with Crippen LogP contribution >= 0.6 is 11.8 Å². The minimum absolute atomic E-state index is 1.08. The number of thioether (sulfide) groups is 1. The molecule has 0 heterocycles. The Balaban J connectivity index is 2.76. The van der Waals surface area contributed by atoms with Crippen molar-refractivity contribution in [1.82, 2.24) is 10.6 Å². The predicted molar refractivity (Wildman–Crippen MR) is 63.1 cm³/mol. The van der Waals surface area contributed by atoms with Crippen LogP contribution in [0, 0.1) is 0 Å². The van der Waals surface area contributed by atoms with Crippen LogP contribution in [0.15, 0.2) is 0 Å². The summed E-state index contributed by atoms with van der Waals surface area (Å²) in [5.41, 5.74) is 0. The van der Waals surface area contributed by atoms with E-state index in [0.717, 1.165) is 11.8 Å². The smallest absolute Gasteiger partial charge is 0.0430 e. The molecule has 3 heteroatoms. The number of unbranched alkanes of at least 4 members (excludes halogenated alkanes) is 2. The lowest BCUT2D eigenvalue weighted by Crippen LogP contribution is -2.19. The lowest BCUT2D eigenvalue weighted by Gasteiger charge is -2.04. The third-order valence-electron chi connectivity index (χ3n) is 1.82. The van der Waals surface area contributed by atoms with E-state index in [1.165, 1.54) is 38.8 Å². The second kappa shape index (κ2) is 12.3. The Bertz CT molecular complexity index is 79.0. The molecule has 0 amide bonds. The molecule has 0 radical (unpaired) electrons. The average molecular weight is 204 g/mol. The van der Waals surface area contributed by atoms with Gasteiger partial charge in [-0.15, -0.1) is 11.8 Å². The quantitative estimate of drug-likeness (QED) is 0.422. The first-order chi connectivity index (χ1) is 6.41. The van der Waals surface area contributed by atoms with Crippen LogP contribution < -0.4 is 10.6 Å². The molecular formula is C10H24N2S. The molecule has 80 valence electrons. The molecule has 0 aromatic rings. The molecule has 0 atom stereocenters. The summed E-state index contributed by atoms with van der Waals surface area (Å²) in [6.45, 7) is 6.78. The van der Waals surface area contributed by atoms with Gasteiger partial charge < -0.3 is 10.6 Å². The van der Waals surface area contributed by atoms with Gasteiger partial charge in [-0.05, 0) is 25.9 Å². The van der Waals surface area contributed by atoms with Crippen molar-refractivity contribution in [3.8, 4) is 0 Å². The number of hydrogen-bond donors (Lipinski definition) is 2. The van der Waals surface area contributed by atoms with Crippen LogP contribution in [-0.2, 0) is 0 Å². The minimum Gasteiger partial charge on any atom is -0.308 e. The molecule has 0 aliphatic carbocycles. The SMILES string of the molecule is CCCCNCSCNCCCC. The van der Waals surface area contributed by atoms with E-state index in [1.54, 1.807) is 0 Å². The van der Waals surface area contributed by atoms with Gasteiger partial charge in [0.25, 0.3) is 0 Å². The van der Waals surface area contributed by atoms with E-state index < -0.39 is 0 Å². The molecule has 0 unspecified atom stereocenters. The standard InChI is InChI=1S/C10H24N2S/c1-3-5-7-11-9-13-10-12-8-6-4-2/h11-12H,3-10H2,1-2H3. The van der Waals surface area contributed by atoms with Crippen molar-refractivity contribution in [2.75, 3.05) is 24.8 Å². The fourth-order valence-corrected chi connectivity index (χ4v) is 1.62. The van der Waals surface area contributed by atoms with Crippen molar-refractivity contribution in [3.63, 3.8) is 0 Å². The lowest BCUT2D eigenvalue weighted by atomic mass is 10.3. The number of hydrogen-bond acceptors (Lipinski definition) is 3. The van der Waals surface area contributed by atoms with Crippen molar-refractivity contribution in [1.29, 1.82) is 0 Å². The number of rotatable bonds is 10. The molecule has 0 aromatic carbocycles. The van der Waals surface area contributed by atoms with Gasteiger partial charge in [0.05, 0.1) is 0 Å². The van der Waals surface area contributed by atoms with E-state index in [4.69, 9.17) is 0 Å². The van der Waals surface area contributed by atoms with Crippen molar-refractivity contribution < 1.29 is 0 Å². The van der Waals surface area contributed by atoms with Gasteiger partial charge in [-0.2, -0.15) is 0 Å². The van der Waals surface area contributed by atoms with Crippen LogP contribution in [0.3, 0.4) is 0 Å².